The van der Waals surface area contributed by atoms with Crippen molar-refractivity contribution >= 4 is 5.97 Å². The van der Waals surface area contributed by atoms with Gasteiger partial charge in [-0.15, -0.1) is 0 Å². The molecule has 0 aliphatic rings. The molecule has 0 atom stereocenters. The third-order valence-electron chi connectivity index (χ3n) is 4.43. The van der Waals surface area contributed by atoms with Gasteiger partial charge >= 0.3 is 5.97 Å². The number of esters is 1. The highest BCUT2D eigenvalue weighted by Crippen LogP contribution is 2.24. The molecule has 0 spiro atoms. The van der Waals surface area contributed by atoms with E-state index in [9.17, 15) is 4.79 Å². The summed E-state index contributed by atoms with van der Waals surface area (Å²) in [5.41, 5.74) is 11.0. The average molecular weight is 375 g/mol. The molecule has 0 heterocycles. The van der Waals surface area contributed by atoms with Crippen molar-refractivity contribution in [2.75, 3.05) is 6.61 Å². The van der Waals surface area contributed by atoms with Crippen molar-refractivity contribution in [3.05, 3.63) is 89.5 Å². The highest BCUT2D eigenvalue weighted by Gasteiger charge is 2.10. The Kier molecular flexibility index (Phi) is 6.82. The van der Waals surface area contributed by atoms with Crippen LogP contribution in [0.1, 0.15) is 23.6 Å². The minimum Gasteiger partial charge on any atom is -0.489 e. The van der Waals surface area contributed by atoms with E-state index in [0.29, 0.717) is 25.5 Å². The minimum atomic E-state index is -0.250. The molecular formula is C24H25NO3. The van der Waals surface area contributed by atoms with Gasteiger partial charge in [0.2, 0.25) is 0 Å². The maximum absolute atomic E-state index is 11.8. The van der Waals surface area contributed by atoms with Crippen LogP contribution in [0.15, 0.2) is 72.8 Å². The molecule has 0 saturated heterocycles. The molecule has 0 saturated carbocycles. The summed E-state index contributed by atoms with van der Waals surface area (Å²) in [7, 11) is 0. The van der Waals surface area contributed by atoms with Gasteiger partial charge in [0.1, 0.15) is 12.4 Å². The predicted molar refractivity (Wildman–Crippen MR) is 111 cm³/mol. The Balaban J connectivity index is 1.73. The molecule has 0 bridgehead atoms. The molecule has 28 heavy (non-hydrogen) atoms. The van der Waals surface area contributed by atoms with E-state index in [0.717, 1.165) is 27.8 Å². The largest absolute Gasteiger partial charge is 0.489 e. The molecule has 2 N–H and O–H groups in total. The monoisotopic (exact) mass is 375 g/mol. The molecule has 0 amide bonds. The topological polar surface area (TPSA) is 61.5 Å². The zero-order chi connectivity index (χ0) is 19.8. The summed E-state index contributed by atoms with van der Waals surface area (Å²) >= 11 is 0. The summed E-state index contributed by atoms with van der Waals surface area (Å²) in [4.78, 5) is 11.8. The highest BCUT2D eigenvalue weighted by atomic mass is 16.5. The Morgan fingerprint density at radius 1 is 0.893 bits per heavy atom. The third kappa shape index (κ3) is 5.21. The lowest BCUT2D eigenvalue weighted by molar-refractivity contribution is -0.142. The van der Waals surface area contributed by atoms with Crippen LogP contribution >= 0.6 is 0 Å². The van der Waals surface area contributed by atoms with Gasteiger partial charge < -0.3 is 15.2 Å². The van der Waals surface area contributed by atoms with Crippen LogP contribution in [0, 0.1) is 0 Å². The number of rotatable bonds is 8. The molecule has 0 aliphatic carbocycles. The van der Waals surface area contributed by atoms with Crippen LogP contribution in [0.5, 0.6) is 5.75 Å². The zero-order valence-corrected chi connectivity index (χ0v) is 16.1. The van der Waals surface area contributed by atoms with Gasteiger partial charge in [0.15, 0.2) is 0 Å². The second-order valence-electron chi connectivity index (χ2n) is 6.48. The number of ether oxygens (including phenoxy) is 2. The van der Waals surface area contributed by atoms with Gasteiger partial charge in [-0.1, -0.05) is 54.6 Å². The average Bonchev–Trinajstić information content (AvgIpc) is 2.73. The summed E-state index contributed by atoms with van der Waals surface area (Å²) in [6.45, 7) is 3.12. The number of hydrogen-bond acceptors (Lipinski definition) is 4. The number of hydrogen-bond donors (Lipinski definition) is 1. The zero-order valence-electron chi connectivity index (χ0n) is 16.1. The first-order chi connectivity index (χ1) is 13.7. The fourth-order valence-corrected chi connectivity index (χ4v) is 3.04. The maximum Gasteiger partial charge on any atom is 0.310 e. The summed E-state index contributed by atoms with van der Waals surface area (Å²) in [6.07, 6.45) is 0.204. The molecule has 0 fully saturated rings. The first-order valence-electron chi connectivity index (χ1n) is 9.44. The van der Waals surface area contributed by atoms with Crippen LogP contribution in [0.25, 0.3) is 11.1 Å². The van der Waals surface area contributed by atoms with Crippen LogP contribution in [0.4, 0.5) is 0 Å². The molecule has 3 aromatic rings. The van der Waals surface area contributed by atoms with E-state index in [2.05, 4.69) is 24.3 Å². The summed E-state index contributed by atoms with van der Waals surface area (Å²) < 4.78 is 11.1. The molecule has 144 valence electrons. The van der Waals surface area contributed by atoms with Crippen molar-refractivity contribution in [2.45, 2.75) is 26.5 Å². The molecule has 0 unspecified atom stereocenters. The Morgan fingerprint density at radius 3 is 2.29 bits per heavy atom. The van der Waals surface area contributed by atoms with Gasteiger partial charge in [-0.3, -0.25) is 4.79 Å². The molecule has 0 aliphatic heterocycles. The van der Waals surface area contributed by atoms with E-state index in [1.165, 1.54) is 0 Å². The maximum atomic E-state index is 11.8. The summed E-state index contributed by atoms with van der Waals surface area (Å²) in [5, 5.41) is 0. The quantitative estimate of drug-likeness (QED) is 0.589. The van der Waals surface area contributed by atoms with Crippen molar-refractivity contribution in [3.8, 4) is 16.9 Å². The van der Waals surface area contributed by atoms with Crippen LogP contribution in [-0.4, -0.2) is 12.6 Å². The van der Waals surface area contributed by atoms with Crippen molar-refractivity contribution in [2.24, 2.45) is 5.73 Å². The fraction of sp³-hybridized carbons (Fsp3) is 0.208. The first kappa shape index (κ1) is 19.6. The molecule has 3 rings (SSSR count). The van der Waals surface area contributed by atoms with Crippen LogP contribution < -0.4 is 10.5 Å². The number of carbonyl (C=O) groups is 1. The van der Waals surface area contributed by atoms with E-state index in [-0.39, 0.29) is 12.4 Å². The first-order valence-corrected chi connectivity index (χ1v) is 9.44. The van der Waals surface area contributed by atoms with E-state index in [1.54, 1.807) is 6.92 Å². The molecule has 4 nitrogen and oxygen atoms in total. The molecule has 3 aromatic carbocycles. The van der Waals surface area contributed by atoms with E-state index in [1.807, 2.05) is 48.5 Å². The Morgan fingerprint density at radius 2 is 1.57 bits per heavy atom. The van der Waals surface area contributed by atoms with Crippen molar-refractivity contribution in [1.29, 1.82) is 0 Å². The minimum absolute atomic E-state index is 0.204. The molecule has 0 radical (unpaired) electrons. The normalized spacial score (nSPS) is 10.5. The van der Waals surface area contributed by atoms with Gasteiger partial charge in [-0.25, -0.2) is 0 Å². The second-order valence-corrected chi connectivity index (χ2v) is 6.48. The lowest BCUT2D eigenvalue weighted by Gasteiger charge is -2.12. The van der Waals surface area contributed by atoms with Crippen LogP contribution in [-0.2, 0) is 29.1 Å². The summed E-state index contributed by atoms with van der Waals surface area (Å²) in [6, 6.07) is 24.0. The Bertz CT molecular complexity index is 936. The standard InChI is InChI=1S/C24H25NO3/c1-2-27-24(26)15-22-9-3-4-12-23(22)28-17-19-8-6-11-21(14-19)20-10-5-7-18(13-20)16-25/h3-14H,2,15-17,25H2,1H3. The Labute approximate surface area is 165 Å². The number of benzene rings is 3. The smallest absolute Gasteiger partial charge is 0.310 e. The third-order valence-corrected chi connectivity index (χ3v) is 4.43. The van der Waals surface area contributed by atoms with Crippen molar-refractivity contribution in [1.82, 2.24) is 0 Å². The summed E-state index contributed by atoms with van der Waals surface area (Å²) in [5.74, 6) is 0.450. The van der Waals surface area contributed by atoms with Gasteiger partial charge in [0.25, 0.3) is 0 Å². The lowest BCUT2D eigenvalue weighted by Crippen LogP contribution is -2.09. The molecule has 0 aromatic heterocycles. The number of para-hydroxylation sites is 1. The molecule has 4 heteroatoms. The van der Waals surface area contributed by atoms with Crippen molar-refractivity contribution in [3.63, 3.8) is 0 Å². The second kappa shape index (κ2) is 9.72. The highest BCUT2D eigenvalue weighted by molar-refractivity contribution is 5.73. The van der Waals surface area contributed by atoms with Gasteiger partial charge in [0, 0.05) is 12.1 Å². The van der Waals surface area contributed by atoms with Crippen LogP contribution in [0.3, 0.4) is 0 Å². The molecular weight excluding hydrogens is 350 g/mol. The number of carbonyl (C=O) groups excluding carboxylic acids is 1. The fourth-order valence-electron chi connectivity index (χ4n) is 3.04. The van der Waals surface area contributed by atoms with Crippen molar-refractivity contribution < 1.29 is 14.3 Å². The van der Waals surface area contributed by atoms with E-state index < -0.39 is 0 Å². The SMILES string of the molecule is CCOC(=O)Cc1ccccc1OCc1cccc(-c2cccc(CN)c2)c1. The Hall–Kier alpha value is -3.11. The van der Waals surface area contributed by atoms with Gasteiger partial charge in [0.05, 0.1) is 13.0 Å². The lowest BCUT2D eigenvalue weighted by atomic mass is 10.0. The van der Waals surface area contributed by atoms with E-state index >= 15 is 0 Å². The van der Waals surface area contributed by atoms with Gasteiger partial charge in [-0.2, -0.15) is 0 Å². The predicted octanol–water partition coefficient (Wildman–Crippen LogP) is 4.50. The van der Waals surface area contributed by atoms with Crippen LogP contribution in [0.2, 0.25) is 0 Å². The van der Waals surface area contributed by atoms with Gasteiger partial charge in [-0.05, 0) is 47.4 Å². The van der Waals surface area contributed by atoms with E-state index in [4.69, 9.17) is 15.2 Å². The number of nitrogens with two attached hydrogens (primary N) is 1.